The van der Waals surface area contributed by atoms with Gasteiger partial charge < -0.3 is 10.6 Å². The summed E-state index contributed by atoms with van der Waals surface area (Å²) in [6.45, 7) is 0. The summed E-state index contributed by atoms with van der Waals surface area (Å²) in [5, 5.41) is 0. The maximum absolute atomic E-state index is 11.8. The van der Waals surface area contributed by atoms with Crippen LogP contribution in [0.2, 0.25) is 0 Å². The van der Waals surface area contributed by atoms with Crippen LogP contribution in [0.3, 0.4) is 0 Å². The van der Waals surface area contributed by atoms with Crippen molar-refractivity contribution in [3.05, 3.63) is 18.5 Å². The van der Waals surface area contributed by atoms with Crippen LogP contribution in [-0.4, -0.2) is 39.8 Å². The molecule has 88 valence electrons. The molecule has 1 aromatic heterocycles. The first-order valence-electron chi connectivity index (χ1n) is 4.80. The molecular weight excluding hydrogens is 226 g/mol. The quantitative estimate of drug-likeness (QED) is 0.819. The van der Waals surface area contributed by atoms with Crippen molar-refractivity contribution in [2.45, 2.75) is 11.3 Å². The Hall–Kier alpha value is -1.43. The Morgan fingerprint density at radius 1 is 1.56 bits per heavy atom. The van der Waals surface area contributed by atoms with Gasteiger partial charge in [-0.25, -0.2) is 0 Å². The number of amides is 1. The maximum atomic E-state index is 11.8. The van der Waals surface area contributed by atoms with Crippen molar-refractivity contribution in [1.82, 2.24) is 9.88 Å². The highest BCUT2D eigenvalue weighted by Gasteiger charge is 2.11. The number of nitrogen functional groups attached to an aromatic ring is 1. The molecule has 0 bridgehead atoms. The SMILES string of the molecule is CN(C)C(=O)CCS(=O)c1ccncc1N. The highest BCUT2D eigenvalue weighted by atomic mass is 32.2. The molecule has 0 radical (unpaired) electrons. The average Bonchev–Trinajstić information content (AvgIpc) is 2.25. The summed E-state index contributed by atoms with van der Waals surface area (Å²) in [6.07, 6.45) is 3.25. The first kappa shape index (κ1) is 12.6. The molecule has 1 aromatic rings. The van der Waals surface area contributed by atoms with Gasteiger partial charge in [-0.1, -0.05) is 0 Å². The van der Waals surface area contributed by atoms with Gasteiger partial charge in [0.2, 0.25) is 5.91 Å². The van der Waals surface area contributed by atoms with Crippen LogP contribution in [0.1, 0.15) is 6.42 Å². The molecular formula is C10H15N3O2S. The van der Waals surface area contributed by atoms with Gasteiger partial charge in [-0.3, -0.25) is 14.0 Å². The van der Waals surface area contributed by atoms with Crippen LogP contribution in [0.5, 0.6) is 0 Å². The van der Waals surface area contributed by atoms with E-state index in [0.29, 0.717) is 10.6 Å². The Bertz CT molecular complexity index is 407. The van der Waals surface area contributed by atoms with Crippen LogP contribution in [0.15, 0.2) is 23.4 Å². The second-order valence-corrected chi connectivity index (χ2v) is 5.04. The Balaban J connectivity index is 2.60. The van der Waals surface area contributed by atoms with E-state index in [-0.39, 0.29) is 18.1 Å². The largest absolute Gasteiger partial charge is 0.396 e. The van der Waals surface area contributed by atoms with Crippen molar-refractivity contribution in [2.75, 3.05) is 25.6 Å². The summed E-state index contributed by atoms with van der Waals surface area (Å²) in [5.41, 5.74) is 6.04. The third-order valence-electron chi connectivity index (χ3n) is 2.06. The molecule has 0 saturated carbocycles. The van der Waals surface area contributed by atoms with E-state index in [4.69, 9.17) is 5.73 Å². The number of hydrogen-bond acceptors (Lipinski definition) is 4. The highest BCUT2D eigenvalue weighted by Crippen LogP contribution is 2.14. The topological polar surface area (TPSA) is 76.3 Å². The summed E-state index contributed by atoms with van der Waals surface area (Å²) in [7, 11) is 2.10. The van der Waals surface area contributed by atoms with E-state index >= 15 is 0 Å². The number of aromatic nitrogens is 1. The molecule has 0 saturated heterocycles. The van der Waals surface area contributed by atoms with Gasteiger partial charge in [0.1, 0.15) is 0 Å². The van der Waals surface area contributed by atoms with Gasteiger partial charge in [0.15, 0.2) is 0 Å². The Labute approximate surface area is 97.1 Å². The molecule has 5 nitrogen and oxygen atoms in total. The lowest BCUT2D eigenvalue weighted by molar-refractivity contribution is -0.128. The first-order valence-corrected chi connectivity index (χ1v) is 6.12. The number of anilines is 1. The molecule has 1 rings (SSSR count). The van der Waals surface area contributed by atoms with Crippen molar-refractivity contribution in [3.63, 3.8) is 0 Å². The lowest BCUT2D eigenvalue weighted by Gasteiger charge is -2.10. The minimum absolute atomic E-state index is 0.0408. The summed E-state index contributed by atoms with van der Waals surface area (Å²) >= 11 is 0. The van der Waals surface area contributed by atoms with Gasteiger partial charge in [-0.15, -0.1) is 0 Å². The number of rotatable bonds is 4. The van der Waals surface area contributed by atoms with Gasteiger partial charge >= 0.3 is 0 Å². The van der Waals surface area contributed by atoms with Crippen LogP contribution in [0, 0.1) is 0 Å². The van der Waals surface area contributed by atoms with Crippen molar-refractivity contribution in [1.29, 1.82) is 0 Å². The van der Waals surface area contributed by atoms with E-state index in [1.807, 2.05) is 0 Å². The second-order valence-electron chi connectivity index (χ2n) is 3.50. The number of hydrogen-bond donors (Lipinski definition) is 1. The summed E-state index contributed by atoms with van der Waals surface area (Å²) in [6, 6.07) is 1.62. The number of carbonyl (C=O) groups excluding carboxylic acids is 1. The van der Waals surface area contributed by atoms with E-state index in [0.717, 1.165) is 0 Å². The molecule has 0 aliphatic heterocycles. The van der Waals surface area contributed by atoms with Crippen LogP contribution in [-0.2, 0) is 15.6 Å². The van der Waals surface area contributed by atoms with Crippen LogP contribution < -0.4 is 5.73 Å². The fraction of sp³-hybridized carbons (Fsp3) is 0.400. The van der Waals surface area contributed by atoms with E-state index in [1.165, 1.54) is 17.3 Å². The van der Waals surface area contributed by atoms with E-state index in [2.05, 4.69) is 4.98 Å². The predicted molar refractivity (Wildman–Crippen MR) is 63.2 cm³/mol. The third-order valence-corrected chi connectivity index (χ3v) is 3.49. The van der Waals surface area contributed by atoms with Crippen LogP contribution in [0.25, 0.3) is 0 Å². The predicted octanol–water partition coefficient (Wildman–Crippen LogP) is 0.250. The fourth-order valence-corrected chi connectivity index (χ4v) is 2.22. The molecule has 0 aliphatic rings. The minimum Gasteiger partial charge on any atom is -0.396 e. The average molecular weight is 241 g/mol. The number of carbonyl (C=O) groups is 1. The summed E-state index contributed by atoms with van der Waals surface area (Å²) in [5.74, 6) is 0.242. The van der Waals surface area contributed by atoms with E-state index in [1.54, 1.807) is 20.2 Å². The van der Waals surface area contributed by atoms with E-state index in [9.17, 15) is 9.00 Å². The molecule has 0 aromatic carbocycles. The molecule has 0 aliphatic carbocycles. The van der Waals surface area contributed by atoms with Crippen molar-refractivity contribution in [2.24, 2.45) is 0 Å². The zero-order chi connectivity index (χ0) is 12.1. The highest BCUT2D eigenvalue weighted by molar-refractivity contribution is 7.85. The fourth-order valence-electron chi connectivity index (χ4n) is 1.11. The smallest absolute Gasteiger partial charge is 0.222 e. The minimum atomic E-state index is -1.24. The number of nitrogens with two attached hydrogens (primary N) is 1. The third kappa shape index (κ3) is 3.30. The summed E-state index contributed by atoms with van der Waals surface area (Å²) < 4.78 is 11.8. The normalized spacial score (nSPS) is 12.1. The molecule has 16 heavy (non-hydrogen) atoms. The van der Waals surface area contributed by atoms with Gasteiger partial charge in [-0.2, -0.15) is 0 Å². The monoisotopic (exact) mass is 241 g/mol. The molecule has 1 unspecified atom stereocenters. The zero-order valence-corrected chi connectivity index (χ0v) is 10.2. The van der Waals surface area contributed by atoms with Gasteiger partial charge in [0, 0.05) is 32.5 Å². The molecule has 1 atom stereocenters. The van der Waals surface area contributed by atoms with Crippen molar-refractivity contribution in [3.8, 4) is 0 Å². The lowest BCUT2D eigenvalue weighted by atomic mass is 10.4. The van der Waals surface area contributed by atoms with Crippen molar-refractivity contribution < 1.29 is 9.00 Å². The summed E-state index contributed by atoms with van der Waals surface area (Å²) in [4.78, 5) is 17.1. The Kier molecular flexibility index (Phi) is 4.42. The van der Waals surface area contributed by atoms with Gasteiger partial charge in [-0.05, 0) is 6.07 Å². The second kappa shape index (κ2) is 5.60. The first-order chi connectivity index (χ1) is 7.52. The lowest BCUT2D eigenvalue weighted by Crippen LogP contribution is -2.23. The van der Waals surface area contributed by atoms with Crippen LogP contribution in [0.4, 0.5) is 5.69 Å². The number of nitrogens with zero attached hydrogens (tertiary/aromatic N) is 2. The maximum Gasteiger partial charge on any atom is 0.222 e. The molecule has 6 heteroatoms. The van der Waals surface area contributed by atoms with Gasteiger partial charge in [0.05, 0.1) is 27.6 Å². The molecule has 0 spiro atoms. The van der Waals surface area contributed by atoms with Crippen LogP contribution >= 0.6 is 0 Å². The number of pyridine rings is 1. The Morgan fingerprint density at radius 3 is 2.81 bits per heavy atom. The molecule has 1 heterocycles. The van der Waals surface area contributed by atoms with E-state index < -0.39 is 10.8 Å². The standard InChI is InChI=1S/C10H15N3O2S/c1-13(2)10(14)4-6-16(15)9-3-5-12-7-8(9)11/h3,5,7H,4,6,11H2,1-2H3. The molecule has 2 N–H and O–H groups in total. The van der Waals surface area contributed by atoms with Gasteiger partial charge in [0.25, 0.3) is 0 Å². The van der Waals surface area contributed by atoms with Crippen molar-refractivity contribution >= 4 is 22.4 Å². The molecule has 0 fully saturated rings. The molecule has 1 amide bonds. The Morgan fingerprint density at radius 2 is 2.25 bits per heavy atom. The zero-order valence-electron chi connectivity index (χ0n) is 9.34.